The van der Waals surface area contributed by atoms with Crippen molar-refractivity contribution in [2.45, 2.75) is 91.6 Å². The Morgan fingerprint density at radius 2 is 1.33 bits per heavy atom. The Bertz CT molecular complexity index is 331. The molecule has 0 heterocycles. The molecule has 0 amide bonds. The van der Waals surface area contributed by atoms with Gasteiger partial charge in [-0.2, -0.15) is 0 Å². The zero-order valence-electron chi connectivity index (χ0n) is 15.0. The number of rotatable bonds is 3. The Morgan fingerprint density at radius 3 is 1.76 bits per heavy atom. The predicted octanol–water partition coefficient (Wildman–Crippen LogP) is 4.67. The van der Waals surface area contributed by atoms with E-state index in [1.165, 1.54) is 51.4 Å². The van der Waals surface area contributed by atoms with Gasteiger partial charge in [-0.15, -0.1) is 0 Å². The van der Waals surface area contributed by atoms with Gasteiger partial charge in [0, 0.05) is 0 Å². The molecule has 2 aliphatic rings. The van der Waals surface area contributed by atoms with Gasteiger partial charge < -0.3 is 11.5 Å². The Balaban J connectivity index is 2.19. The first kappa shape index (κ1) is 17.3. The first-order valence-electron chi connectivity index (χ1n) is 9.20. The molecule has 0 radical (unpaired) electrons. The Labute approximate surface area is 132 Å². The van der Waals surface area contributed by atoms with E-state index in [0.717, 1.165) is 17.8 Å². The maximum absolute atomic E-state index is 6.59. The first-order valence-corrected chi connectivity index (χ1v) is 9.20. The van der Waals surface area contributed by atoms with Crippen molar-refractivity contribution in [1.29, 1.82) is 0 Å². The third-order valence-corrected chi connectivity index (χ3v) is 7.12. The molecule has 0 bridgehead atoms. The monoisotopic (exact) mass is 294 g/mol. The average molecular weight is 295 g/mol. The molecule has 0 saturated heterocycles. The molecule has 0 aliphatic heterocycles. The van der Waals surface area contributed by atoms with Crippen LogP contribution in [-0.2, 0) is 0 Å². The molecule has 2 rings (SSSR count). The van der Waals surface area contributed by atoms with Crippen LogP contribution in [0.2, 0.25) is 0 Å². The lowest BCUT2D eigenvalue weighted by molar-refractivity contribution is -0.0663. The fourth-order valence-corrected chi connectivity index (χ4v) is 5.55. The summed E-state index contributed by atoms with van der Waals surface area (Å²) in [5.41, 5.74) is 12.6. The summed E-state index contributed by atoms with van der Waals surface area (Å²) in [6.07, 6.45) is 10.9. The molecule has 2 heteroatoms. The minimum Gasteiger partial charge on any atom is -0.313 e. The normalized spacial score (nSPS) is 31.0. The van der Waals surface area contributed by atoms with Crippen LogP contribution in [0.1, 0.15) is 86.0 Å². The maximum atomic E-state index is 6.59. The van der Waals surface area contributed by atoms with Crippen LogP contribution in [0, 0.1) is 28.6 Å². The predicted molar refractivity (Wildman–Crippen MR) is 91.7 cm³/mol. The summed E-state index contributed by atoms with van der Waals surface area (Å²) in [5.74, 6) is 2.62. The standard InChI is InChI=1S/C19H38N2/c1-6-16(14-10-8-7-9-11-14)15-12-17(2,3)19(20,21)18(4,5)13-15/h14-16H,6-13,20-21H2,1-5H3. The highest BCUT2D eigenvalue weighted by molar-refractivity contribution is 5.08. The van der Waals surface area contributed by atoms with E-state index in [0.29, 0.717) is 0 Å². The lowest BCUT2D eigenvalue weighted by atomic mass is 9.51. The van der Waals surface area contributed by atoms with Gasteiger partial charge in [0.2, 0.25) is 0 Å². The van der Waals surface area contributed by atoms with E-state index < -0.39 is 5.66 Å². The van der Waals surface area contributed by atoms with Crippen LogP contribution >= 0.6 is 0 Å². The zero-order valence-corrected chi connectivity index (χ0v) is 15.0. The lowest BCUT2D eigenvalue weighted by Gasteiger charge is -2.59. The molecule has 4 N–H and O–H groups in total. The van der Waals surface area contributed by atoms with Crippen LogP contribution in [0.15, 0.2) is 0 Å². The molecule has 124 valence electrons. The third-order valence-electron chi connectivity index (χ3n) is 7.12. The van der Waals surface area contributed by atoms with Crippen molar-refractivity contribution < 1.29 is 0 Å². The quantitative estimate of drug-likeness (QED) is 0.743. The van der Waals surface area contributed by atoms with Crippen molar-refractivity contribution in [3.63, 3.8) is 0 Å². The molecule has 0 aromatic rings. The van der Waals surface area contributed by atoms with Crippen molar-refractivity contribution in [3.05, 3.63) is 0 Å². The minimum absolute atomic E-state index is 0.0154. The van der Waals surface area contributed by atoms with Crippen molar-refractivity contribution in [1.82, 2.24) is 0 Å². The van der Waals surface area contributed by atoms with Crippen molar-refractivity contribution in [3.8, 4) is 0 Å². The summed E-state index contributed by atoms with van der Waals surface area (Å²) >= 11 is 0. The Morgan fingerprint density at radius 1 is 0.857 bits per heavy atom. The summed E-state index contributed by atoms with van der Waals surface area (Å²) in [4.78, 5) is 0. The van der Waals surface area contributed by atoms with E-state index in [1.54, 1.807) is 0 Å². The van der Waals surface area contributed by atoms with E-state index in [2.05, 4.69) is 34.6 Å². The largest absolute Gasteiger partial charge is 0.313 e. The van der Waals surface area contributed by atoms with Crippen LogP contribution in [0.3, 0.4) is 0 Å². The van der Waals surface area contributed by atoms with Gasteiger partial charge >= 0.3 is 0 Å². The first-order chi connectivity index (χ1) is 9.62. The van der Waals surface area contributed by atoms with Crippen molar-refractivity contribution in [2.24, 2.45) is 40.1 Å². The fraction of sp³-hybridized carbons (Fsp3) is 1.00. The van der Waals surface area contributed by atoms with Gasteiger partial charge in [-0.3, -0.25) is 0 Å². The SMILES string of the molecule is CCC(C1CCCCC1)C1CC(C)(C)C(N)(N)C(C)(C)C1. The van der Waals surface area contributed by atoms with E-state index in [9.17, 15) is 0 Å². The van der Waals surface area contributed by atoms with Gasteiger partial charge in [0.25, 0.3) is 0 Å². The van der Waals surface area contributed by atoms with Crippen molar-refractivity contribution in [2.75, 3.05) is 0 Å². The van der Waals surface area contributed by atoms with Crippen LogP contribution in [-0.4, -0.2) is 5.66 Å². The lowest BCUT2D eigenvalue weighted by Crippen LogP contribution is -2.72. The molecule has 1 unspecified atom stereocenters. The molecular formula is C19H38N2. The van der Waals surface area contributed by atoms with Gasteiger partial charge in [-0.1, -0.05) is 73.1 Å². The molecule has 1 atom stereocenters. The molecule has 0 aromatic carbocycles. The summed E-state index contributed by atoms with van der Waals surface area (Å²) in [5, 5.41) is 0. The molecule has 0 aromatic heterocycles. The number of nitrogens with two attached hydrogens (primary N) is 2. The Kier molecular flexibility index (Phi) is 4.81. The molecular weight excluding hydrogens is 256 g/mol. The van der Waals surface area contributed by atoms with Gasteiger partial charge in [0.1, 0.15) is 0 Å². The van der Waals surface area contributed by atoms with Gasteiger partial charge in [0.05, 0.1) is 5.66 Å². The third kappa shape index (κ3) is 3.03. The van der Waals surface area contributed by atoms with Gasteiger partial charge in [0.15, 0.2) is 0 Å². The second-order valence-electron chi connectivity index (χ2n) is 9.28. The highest BCUT2D eigenvalue weighted by Crippen LogP contribution is 2.55. The van der Waals surface area contributed by atoms with E-state index in [1.807, 2.05) is 0 Å². The average Bonchev–Trinajstić information content (AvgIpc) is 2.38. The molecule has 2 aliphatic carbocycles. The van der Waals surface area contributed by atoms with Crippen LogP contribution in [0.4, 0.5) is 0 Å². The topological polar surface area (TPSA) is 52.0 Å². The molecule has 2 fully saturated rings. The highest BCUT2D eigenvalue weighted by atomic mass is 15.0. The summed E-state index contributed by atoms with van der Waals surface area (Å²) < 4.78 is 0. The minimum atomic E-state index is -0.568. The van der Waals surface area contributed by atoms with E-state index in [4.69, 9.17) is 11.5 Å². The van der Waals surface area contributed by atoms with Crippen LogP contribution in [0.5, 0.6) is 0 Å². The second kappa shape index (κ2) is 5.85. The summed E-state index contributed by atoms with van der Waals surface area (Å²) in [7, 11) is 0. The number of hydrogen-bond donors (Lipinski definition) is 2. The molecule has 0 spiro atoms. The van der Waals surface area contributed by atoms with Gasteiger partial charge in [-0.25, -0.2) is 0 Å². The summed E-state index contributed by atoms with van der Waals surface area (Å²) in [6, 6.07) is 0. The highest BCUT2D eigenvalue weighted by Gasteiger charge is 2.55. The fourth-order valence-electron chi connectivity index (χ4n) is 5.55. The van der Waals surface area contributed by atoms with E-state index in [-0.39, 0.29) is 10.8 Å². The molecule has 2 nitrogen and oxygen atoms in total. The number of hydrogen-bond acceptors (Lipinski definition) is 2. The van der Waals surface area contributed by atoms with Crippen molar-refractivity contribution >= 4 is 0 Å². The van der Waals surface area contributed by atoms with Crippen LogP contribution in [0.25, 0.3) is 0 Å². The Hall–Kier alpha value is -0.0800. The van der Waals surface area contributed by atoms with E-state index >= 15 is 0 Å². The van der Waals surface area contributed by atoms with Crippen LogP contribution < -0.4 is 11.5 Å². The maximum Gasteiger partial charge on any atom is 0.0741 e. The summed E-state index contributed by atoms with van der Waals surface area (Å²) in [6.45, 7) is 11.5. The second-order valence-corrected chi connectivity index (χ2v) is 9.28. The molecule has 2 saturated carbocycles. The smallest absolute Gasteiger partial charge is 0.0741 e. The zero-order chi connectivity index (χ0) is 15.9. The van der Waals surface area contributed by atoms with Gasteiger partial charge in [-0.05, 0) is 41.4 Å². The molecule has 21 heavy (non-hydrogen) atoms.